The molecule has 1 amide bonds. The fourth-order valence-electron chi connectivity index (χ4n) is 2.83. The summed E-state index contributed by atoms with van der Waals surface area (Å²) in [5.74, 6) is 0.231. The van der Waals surface area contributed by atoms with Gasteiger partial charge in [0, 0.05) is 20.1 Å². The Morgan fingerprint density at radius 3 is 2.59 bits per heavy atom. The van der Waals surface area contributed by atoms with Crippen LogP contribution in [0, 0.1) is 5.41 Å². The standard InChI is InChI=1S/C13H27N3O/c1-5-8-16-10-13(2,3)9-15(4)12(17)11(16)6-7-14/h11H,5-10,14H2,1-4H3. The molecule has 1 rings (SSSR count). The maximum absolute atomic E-state index is 12.3. The van der Waals surface area contributed by atoms with Crippen molar-refractivity contribution >= 4 is 5.91 Å². The fourth-order valence-corrected chi connectivity index (χ4v) is 2.83. The minimum atomic E-state index is -0.0216. The molecule has 0 aromatic heterocycles. The molecular formula is C13H27N3O. The number of carbonyl (C=O) groups excluding carboxylic acids is 1. The van der Waals surface area contributed by atoms with E-state index in [-0.39, 0.29) is 17.4 Å². The zero-order valence-corrected chi connectivity index (χ0v) is 11.7. The van der Waals surface area contributed by atoms with Crippen LogP contribution in [0.5, 0.6) is 0 Å². The number of carbonyl (C=O) groups is 1. The van der Waals surface area contributed by atoms with E-state index in [9.17, 15) is 4.79 Å². The summed E-state index contributed by atoms with van der Waals surface area (Å²) in [6.07, 6.45) is 1.84. The van der Waals surface area contributed by atoms with Crippen molar-refractivity contribution in [1.29, 1.82) is 0 Å². The molecule has 1 heterocycles. The summed E-state index contributed by atoms with van der Waals surface area (Å²) in [6, 6.07) is -0.0216. The summed E-state index contributed by atoms with van der Waals surface area (Å²) in [5.41, 5.74) is 5.80. The summed E-state index contributed by atoms with van der Waals surface area (Å²) in [7, 11) is 1.91. The van der Waals surface area contributed by atoms with Gasteiger partial charge in [0.1, 0.15) is 0 Å². The molecule has 0 radical (unpaired) electrons. The van der Waals surface area contributed by atoms with Gasteiger partial charge in [-0.25, -0.2) is 0 Å². The van der Waals surface area contributed by atoms with Gasteiger partial charge in [0.15, 0.2) is 0 Å². The smallest absolute Gasteiger partial charge is 0.239 e. The van der Waals surface area contributed by atoms with E-state index in [2.05, 4.69) is 25.7 Å². The third kappa shape index (κ3) is 3.68. The molecular weight excluding hydrogens is 214 g/mol. The molecule has 1 aliphatic rings. The second-order valence-corrected chi connectivity index (χ2v) is 5.92. The summed E-state index contributed by atoms with van der Waals surface area (Å²) in [4.78, 5) is 16.5. The van der Waals surface area contributed by atoms with Gasteiger partial charge in [-0.15, -0.1) is 0 Å². The maximum atomic E-state index is 12.3. The zero-order valence-electron chi connectivity index (χ0n) is 11.7. The molecule has 0 bridgehead atoms. The van der Waals surface area contributed by atoms with Crippen molar-refractivity contribution in [3.63, 3.8) is 0 Å². The first kappa shape index (κ1) is 14.5. The van der Waals surface area contributed by atoms with Crippen molar-refractivity contribution < 1.29 is 4.79 Å². The average molecular weight is 241 g/mol. The number of hydrogen-bond acceptors (Lipinski definition) is 3. The Morgan fingerprint density at radius 2 is 2.06 bits per heavy atom. The molecule has 0 saturated carbocycles. The number of nitrogens with two attached hydrogens (primary N) is 1. The Kier molecular flexibility index (Phi) is 4.95. The molecule has 17 heavy (non-hydrogen) atoms. The van der Waals surface area contributed by atoms with Gasteiger partial charge >= 0.3 is 0 Å². The Balaban J connectivity index is 2.91. The van der Waals surface area contributed by atoms with Gasteiger partial charge in [-0.3, -0.25) is 9.69 Å². The lowest BCUT2D eigenvalue weighted by molar-refractivity contribution is -0.134. The summed E-state index contributed by atoms with van der Waals surface area (Å²) >= 11 is 0. The van der Waals surface area contributed by atoms with Crippen LogP contribution in [0.4, 0.5) is 0 Å². The lowest BCUT2D eigenvalue weighted by Gasteiger charge is -2.32. The van der Waals surface area contributed by atoms with Crippen LogP contribution in [0.2, 0.25) is 0 Å². The number of nitrogens with zero attached hydrogens (tertiary/aromatic N) is 2. The molecule has 0 aliphatic carbocycles. The Hall–Kier alpha value is -0.610. The highest BCUT2D eigenvalue weighted by Gasteiger charge is 2.37. The molecule has 1 unspecified atom stereocenters. The number of amides is 1. The SMILES string of the molecule is CCCN1CC(C)(C)CN(C)C(=O)C1CCN. The van der Waals surface area contributed by atoms with Crippen molar-refractivity contribution in [1.82, 2.24) is 9.80 Å². The van der Waals surface area contributed by atoms with Crippen molar-refractivity contribution in [2.45, 2.75) is 39.7 Å². The number of likely N-dealkylation sites (N-methyl/N-ethyl adjacent to an activating group) is 1. The molecule has 1 fully saturated rings. The third-order valence-corrected chi connectivity index (χ3v) is 3.35. The molecule has 4 nitrogen and oxygen atoms in total. The molecule has 0 spiro atoms. The number of rotatable bonds is 4. The minimum absolute atomic E-state index is 0.0216. The number of hydrogen-bond donors (Lipinski definition) is 1. The predicted octanol–water partition coefficient (Wildman–Crippen LogP) is 0.914. The lowest BCUT2D eigenvalue weighted by atomic mass is 9.92. The highest BCUT2D eigenvalue weighted by molar-refractivity contribution is 5.82. The molecule has 0 aromatic rings. The monoisotopic (exact) mass is 241 g/mol. The van der Waals surface area contributed by atoms with E-state index in [0.717, 1.165) is 32.5 Å². The normalized spacial score (nSPS) is 26.1. The maximum Gasteiger partial charge on any atom is 0.239 e. The van der Waals surface area contributed by atoms with Gasteiger partial charge in [0.2, 0.25) is 5.91 Å². The quantitative estimate of drug-likeness (QED) is 0.796. The molecule has 100 valence electrons. The van der Waals surface area contributed by atoms with Crippen molar-refractivity contribution in [3.8, 4) is 0 Å². The summed E-state index contributed by atoms with van der Waals surface area (Å²) in [6.45, 7) is 9.97. The average Bonchev–Trinajstić information content (AvgIpc) is 2.29. The van der Waals surface area contributed by atoms with Crippen LogP contribution in [0.1, 0.15) is 33.6 Å². The summed E-state index contributed by atoms with van der Waals surface area (Å²) < 4.78 is 0. The first-order valence-electron chi connectivity index (χ1n) is 6.60. The first-order valence-corrected chi connectivity index (χ1v) is 6.60. The fraction of sp³-hybridized carbons (Fsp3) is 0.923. The van der Waals surface area contributed by atoms with Gasteiger partial charge in [0.05, 0.1) is 6.04 Å². The van der Waals surface area contributed by atoms with Gasteiger partial charge in [0.25, 0.3) is 0 Å². The lowest BCUT2D eigenvalue weighted by Crippen LogP contribution is -2.46. The van der Waals surface area contributed by atoms with E-state index >= 15 is 0 Å². The molecule has 0 aromatic carbocycles. The second-order valence-electron chi connectivity index (χ2n) is 5.92. The molecule has 1 atom stereocenters. The van der Waals surface area contributed by atoms with Crippen LogP contribution in [-0.2, 0) is 4.79 Å². The van der Waals surface area contributed by atoms with E-state index < -0.39 is 0 Å². The van der Waals surface area contributed by atoms with Crippen LogP contribution in [0.3, 0.4) is 0 Å². The highest BCUT2D eigenvalue weighted by Crippen LogP contribution is 2.25. The molecule has 1 aliphatic heterocycles. The van der Waals surface area contributed by atoms with Crippen LogP contribution < -0.4 is 5.73 Å². The second kappa shape index (κ2) is 5.83. The van der Waals surface area contributed by atoms with Gasteiger partial charge in [-0.05, 0) is 31.3 Å². The van der Waals surface area contributed by atoms with Crippen molar-refractivity contribution in [3.05, 3.63) is 0 Å². The zero-order chi connectivity index (χ0) is 13.1. The Morgan fingerprint density at radius 1 is 1.41 bits per heavy atom. The highest BCUT2D eigenvalue weighted by atomic mass is 16.2. The van der Waals surface area contributed by atoms with Crippen LogP contribution in [-0.4, -0.2) is 55.0 Å². The topological polar surface area (TPSA) is 49.6 Å². The predicted molar refractivity (Wildman–Crippen MR) is 70.7 cm³/mol. The molecule has 4 heteroatoms. The van der Waals surface area contributed by atoms with Gasteiger partial charge in [-0.2, -0.15) is 0 Å². The van der Waals surface area contributed by atoms with Crippen LogP contribution in [0.25, 0.3) is 0 Å². The van der Waals surface area contributed by atoms with E-state index in [1.807, 2.05) is 11.9 Å². The van der Waals surface area contributed by atoms with E-state index in [1.54, 1.807) is 0 Å². The van der Waals surface area contributed by atoms with Crippen molar-refractivity contribution in [2.24, 2.45) is 11.1 Å². The van der Waals surface area contributed by atoms with E-state index in [4.69, 9.17) is 5.73 Å². The minimum Gasteiger partial charge on any atom is -0.344 e. The van der Waals surface area contributed by atoms with Gasteiger partial charge in [-0.1, -0.05) is 20.8 Å². The first-order chi connectivity index (χ1) is 7.91. The van der Waals surface area contributed by atoms with Crippen LogP contribution >= 0.6 is 0 Å². The Bertz CT molecular complexity index is 265. The summed E-state index contributed by atoms with van der Waals surface area (Å²) in [5, 5.41) is 0. The van der Waals surface area contributed by atoms with Crippen LogP contribution in [0.15, 0.2) is 0 Å². The van der Waals surface area contributed by atoms with Gasteiger partial charge < -0.3 is 10.6 Å². The van der Waals surface area contributed by atoms with Crippen molar-refractivity contribution in [2.75, 3.05) is 33.2 Å². The molecule has 1 saturated heterocycles. The van der Waals surface area contributed by atoms with E-state index in [0.29, 0.717) is 6.54 Å². The largest absolute Gasteiger partial charge is 0.344 e. The molecule has 2 N–H and O–H groups in total. The third-order valence-electron chi connectivity index (χ3n) is 3.35. The van der Waals surface area contributed by atoms with E-state index in [1.165, 1.54) is 0 Å². The Labute approximate surface area is 105 Å².